The third-order valence-electron chi connectivity index (χ3n) is 3.97. The molecule has 3 rings (SSSR count). The maximum absolute atomic E-state index is 12.4. The van der Waals surface area contributed by atoms with Crippen molar-refractivity contribution in [2.24, 2.45) is 5.73 Å². The number of thioether (sulfide) groups is 1. The molecular formula is C20H15BrN2O6S. The van der Waals surface area contributed by atoms with Crippen LogP contribution in [0.3, 0.4) is 0 Å². The van der Waals surface area contributed by atoms with Crippen LogP contribution >= 0.6 is 27.7 Å². The number of carbonyl (C=O) groups is 4. The molecule has 0 aliphatic carbocycles. The number of hydrogen-bond donors (Lipinski definition) is 1. The van der Waals surface area contributed by atoms with E-state index in [4.69, 9.17) is 15.2 Å². The minimum absolute atomic E-state index is 0.140. The lowest BCUT2D eigenvalue weighted by Crippen LogP contribution is -2.36. The van der Waals surface area contributed by atoms with Crippen LogP contribution in [0.4, 0.5) is 4.79 Å². The highest BCUT2D eigenvalue weighted by Crippen LogP contribution is 2.34. The van der Waals surface area contributed by atoms with Crippen molar-refractivity contribution in [1.29, 1.82) is 0 Å². The van der Waals surface area contributed by atoms with E-state index in [-0.39, 0.29) is 16.4 Å². The summed E-state index contributed by atoms with van der Waals surface area (Å²) in [5.74, 6) is -1.50. The first-order chi connectivity index (χ1) is 14.3. The SMILES string of the molecule is COc1cc(/C=C2\SC(=O)N(CC(N)=O)C2=O)ccc1OC(=O)c1ccccc1Br. The molecule has 2 N–H and O–H groups in total. The molecule has 2 aromatic rings. The molecule has 30 heavy (non-hydrogen) atoms. The third-order valence-corrected chi connectivity index (χ3v) is 5.57. The first-order valence-corrected chi connectivity index (χ1v) is 10.1. The summed E-state index contributed by atoms with van der Waals surface area (Å²) >= 11 is 4.01. The summed E-state index contributed by atoms with van der Waals surface area (Å²) in [7, 11) is 1.41. The molecular weight excluding hydrogens is 476 g/mol. The monoisotopic (exact) mass is 490 g/mol. The average molecular weight is 491 g/mol. The summed E-state index contributed by atoms with van der Waals surface area (Å²) in [5.41, 5.74) is 5.96. The summed E-state index contributed by atoms with van der Waals surface area (Å²) in [6.07, 6.45) is 1.48. The van der Waals surface area contributed by atoms with E-state index in [1.54, 1.807) is 36.4 Å². The summed E-state index contributed by atoms with van der Waals surface area (Å²) in [6.45, 7) is -0.477. The molecule has 0 spiro atoms. The van der Waals surface area contributed by atoms with Gasteiger partial charge in [0.2, 0.25) is 5.91 Å². The largest absolute Gasteiger partial charge is 0.493 e. The molecule has 0 bridgehead atoms. The minimum atomic E-state index is -0.781. The molecule has 0 radical (unpaired) electrons. The van der Waals surface area contributed by atoms with Crippen molar-refractivity contribution in [1.82, 2.24) is 4.90 Å². The van der Waals surface area contributed by atoms with E-state index >= 15 is 0 Å². The fraction of sp³-hybridized carbons (Fsp3) is 0.100. The zero-order valence-electron chi connectivity index (χ0n) is 15.6. The average Bonchev–Trinajstić information content (AvgIpc) is 2.96. The fourth-order valence-electron chi connectivity index (χ4n) is 2.58. The number of nitrogens with zero attached hydrogens (tertiary/aromatic N) is 1. The van der Waals surface area contributed by atoms with Gasteiger partial charge < -0.3 is 15.2 Å². The van der Waals surface area contributed by atoms with E-state index < -0.39 is 29.6 Å². The molecule has 0 saturated carbocycles. The molecule has 0 atom stereocenters. The number of halogens is 1. The first-order valence-electron chi connectivity index (χ1n) is 8.48. The topological polar surface area (TPSA) is 116 Å². The Morgan fingerprint density at radius 3 is 2.57 bits per heavy atom. The van der Waals surface area contributed by atoms with E-state index in [9.17, 15) is 19.2 Å². The van der Waals surface area contributed by atoms with Crippen LogP contribution in [0, 0.1) is 0 Å². The molecule has 2 aromatic carbocycles. The number of ether oxygens (including phenoxy) is 2. The van der Waals surface area contributed by atoms with Crippen molar-refractivity contribution in [3.8, 4) is 11.5 Å². The van der Waals surface area contributed by atoms with Crippen molar-refractivity contribution in [3.63, 3.8) is 0 Å². The lowest BCUT2D eigenvalue weighted by Gasteiger charge is -2.11. The Labute approximate surface area is 184 Å². The molecule has 3 amide bonds. The maximum Gasteiger partial charge on any atom is 0.344 e. The van der Waals surface area contributed by atoms with Crippen LogP contribution in [-0.4, -0.2) is 41.6 Å². The zero-order valence-corrected chi connectivity index (χ0v) is 18.0. The second kappa shape index (κ2) is 9.14. The molecule has 1 aliphatic rings. The number of nitrogens with two attached hydrogens (primary N) is 1. The number of methoxy groups -OCH3 is 1. The summed E-state index contributed by atoms with van der Waals surface area (Å²) in [5, 5.41) is -0.573. The van der Waals surface area contributed by atoms with Crippen LogP contribution in [0.15, 0.2) is 51.8 Å². The van der Waals surface area contributed by atoms with E-state index in [0.717, 1.165) is 4.90 Å². The van der Waals surface area contributed by atoms with Crippen molar-refractivity contribution in [2.45, 2.75) is 0 Å². The Morgan fingerprint density at radius 1 is 1.17 bits per heavy atom. The molecule has 8 nitrogen and oxygen atoms in total. The fourth-order valence-corrected chi connectivity index (χ4v) is 3.87. The molecule has 10 heteroatoms. The molecule has 154 valence electrons. The smallest absolute Gasteiger partial charge is 0.344 e. The highest BCUT2D eigenvalue weighted by molar-refractivity contribution is 9.10. The third kappa shape index (κ3) is 4.71. The van der Waals surface area contributed by atoms with Crippen LogP contribution in [0.25, 0.3) is 6.08 Å². The van der Waals surface area contributed by atoms with Gasteiger partial charge in [-0.2, -0.15) is 0 Å². The summed E-state index contributed by atoms with van der Waals surface area (Å²) < 4.78 is 11.3. The Hall–Kier alpha value is -3.11. The lowest BCUT2D eigenvalue weighted by atomic mass is 10.1. The number of amides is 3. The number of rotatable bonds is 6. The van der Waals surface area contributed by atoms with Crippen molar-refractivity contribution < 1.29 is 28.7 Å². The number of benzene rings is 2. The summed E-state index contributed by atoms with van der Waals surface area (Å²) in [4.78, 5) is 48.6. The number of carbonyl (C=O) groups excluding carboxylic acids is 4. The summed E-state index contributed by atoms with van der Waals surface area (Å²) in [6, 6.07) is 11.5. The van der Waals surface area contributed by atoms with Gasteiger partial charge in [-0.1, -0.05) is 18.2 Å². The molecule has 1 saturated heterocycles. The molecule has 1 fully saturated rings. The number of esters is 1. The predicted octanol–water partition coefficient (Wildman–Crippen LogP) is 3.20. The van der Waals surface area contributed by atoms with Gasteiger partial charge in [0.15, 0.2) is 11.5 Å². The van der Waals surface area contributed by atoms with Gasteiger partial charge in [0.05, 0.1) is 17.6 Å². The Kier molecular flexibility index (Phi) is 6.58. The zero-order chi connectivity index (χ0) is 21.8. The Morgan fingerprint density at radius 2 is 1.90 bits per heavy atom. The van der Waals surface area contributed by atoms with Gasteiger partial charge in [0.25, 0.3) is 11.1 Å². The van der Waals surface area contributed by atoms with Crippen LogP contribution in [-0.2, 0) is 9.59 Å². The standard InChI is InChI=1S/C20H15BrN2O6S/c1-28-15-8-11(9-16-18(25)23(10-17(22)24)20(27)30-16)6-7-14(15)29-19(26)12-4-2-3-5-13(12)21/h2-9H,10H2,1H3,(H2,22,24)/b16-9-. The second-order valence-electron chi connectivity index (χ2n) is 6.01. The van der Waals surface area contributed by atoms with Crippen LogP contribution in [0.2, 0.25) is 0 Å². The maximum atomic E-state index is 12.4. The molecule has 1 aliphatic heterocycles. The van der Waals surface area contributed by atoms with Crippen molar-refractivity contribution >= 4 is 56.8 Å². The van der Waals surface area contributed by atoms with Gasteiger partial charge in [0.1, 0.15) is 6.54 Å². The van der Waals surface area contributed by atoms with E-state index in [1.165, 1.54) is 19.3 Å². The van der Waals surface area contributed by atoms with E-state index in [0.29, 0.717) is 27.4 Å². The van der Waals surface area contributed by atoms with Crippen LogP contribution in [0.1, 0.15) is 15.9 Å². The van der Waals surface area contributed by atoms with Gasteiger partial charge in [-0.3, -0.25) is 19.3 Å². The van der Waals surface area contributed by atoms with Crippen molar-refractivity contribution in [2.75, 3.05) is 13.7 Å². The molecule has 1 heterocycles. The van der Waals surface area contributed by atoms with E-state index in [1.807, 2.05) is 0 Å². The van der Waals surface area contributed by atoms with Gasteiger partial charge >= 0.3 is 5.97 Å². The number of hydrogen-bond acceptors (Lipinski definition) is 7. The highest BCUT2D eigenvalue weighted by Gasteiger charge is 2.35. The normalized spacial score (nSPS) is 14.9. The number of primary amides is 1. The van der Waals surface area contributed by atoms with Gasteiger partial charge in [-0.25, -0.2) is 4.79 Å². The van der Waals surface area contributed by atoms with Gasteiger partial charge in [-0.15, -0.1) is 0 Å². The minimum Gasteiger partial charge on any atom is -0.493 e. The van der Waals surface area contributed by atoms with Gasteiger partial charge in [0, 0.05) is 4.47 Å². The predicted molar refractivity (Wildman–Crippen MR) is 114 cm³/mol. The second-order valence-corrected chi connectivity index (χ2v) is 7.86. The lowest BCUT2D eigenvalue weighted by molar-refractivity contribution is -0.127. The van der Waals surface area contributed by atoms with Gasteiger partial charge in [-0.05, 0) is 63.6 Å². The van der Waals surface area contributed by atoms with Crippen molar-refractivity contribution in [3.05, 3.63) is 63.0 Å². The first kappa shape index (κ1) is 21.6. The Bertz CT molecular complexity index is 1080. The highest BCUT2D eigenvalue weighted by atomic mass is 79.9. The number of imide groups is 1. The van der Waals surface area contributed by atoms with Crippen LogP contribution < -0.4 is 15.2 Å². The Balaban J connectivity index is 1.82. The van der Waals surface area contributed by atoms with E-state index in [2.05, 4.69) is 15.9 Å². The molecule has 0 unspecified atom stereocenters. The molecule has 0 aromatic heterocycles. The quantitative estimate of drug-likeness (QED) is 0.375. The van der Waals surface area contributed by atoms with Crippen LogP contribution in [0.5, 0.6) is 11.5 Å².